The van der Waals surface area contributed by atoms with Gasteiger partial charge < -0.3 is 10.1 Å². The minimum atomic E-state index is 0.693. The zero-order valence-corrected chi connectivity index (χ0v) is 9.72. The van der Waals surface area contributed by atoms with E-state index in [1.54, 1.807) is 0 Å². The van der Waals surface area contributed by atoms with Crippen LogP contribution in [0.5, 0.6) is 0 Å². The Kier molecular flexibility index (Phi) is 6.20. The van der Waals surface area contributed by atoms with E-state index in [1.807, 2.05) is 0 Å². The molecule has 0 aliphatic heterocycles. The molecule has 1 rings (SSSR count). The lowest BCUT2D eigenvalue weighted by Crippen LogP contribution is -2.38. The summed E-state index contributed by atoms with van der Waals surface area (Å²) in [6.07, 6.45) is 6.70. The Balaban J connectivity index is 1.82. The molecule has 1 unspecified atom stereocenters. The van der Waals surface area contributed by atoms with Crippen LogP contribution in [0.25, 0.3) is 0 Å². The van der Waals surface area contributed by atoms with Crippen molar-refractivity contribution in [3.8, 4) is 0 Å². The zero-order chi connectivity index (χ0) is 10.2. The average Bonchev–Trinajstić information content (AvgIpc) is 2.08. The van der Waals surface area contributed by atoms with E-state index < -0.39 is 0 Å². The molecular weight excluding hydrogens is 174 g/mol. The fraction of sp³-hybridized carbons (Fsp3) is 1.00. The SMILES string of the molecule is CCCCOCCNC(C)C1CCC1. The first-order valence-electron chi connectivity index (χ1n) is 6.15. The van der Waals surface area contributed by atoms with E-state index in [0.717, 1.165) is 25.7 Å². The van der Waals surface area contributed by atoms with Gasteiger partial charge in [0.15, 0.2) is 0 Å². The monoisotopic (exact) mass is 199 g/mol. The van der Waals surface area contributed by atoms with Crippen molar-refractivity contribution in [2.45, 2.75) is 52.0 Å². The van der Waals surface area contributed by atoms with Gasteiger partial charge in [0.2, 0.25) is 0 Å². The third kappa shape index (κ3) is 4.43. The molecule has 1 aliphatic rings. The first-order valence-corrected chi connectivity index (χ1v) is 6.15. The van der Waals surface area contributed by atoms with Crippen LogP contribution in [0.3, 0.4) is 0 Å². The lowest BCUT2D eigenvalue weighted by Gasteiger charge is -2.32. The highest BCUT2D eigenvalue weighted by Crippen LogP contribution is 2.29. The summed E-state index contributed by atoms with van der Waals surface area (Å²) in [4.78, 5) is 0. The van der Waals surface area contributed by atoms with Gasteiger partial charge in [-0.2, -0.15) is 0 Å². The molecule has 0 amide bonds. The summed E-state index contributed by atoms with van der Waals surface area (Å²) < 4.78 is 5.49. The van der Waals surface area contributed by atoms with Gasteiger partial charge in [-0.3, -0.25) is 0 Å². The molecule has 1 atom stereocenters. The topological polar surface area (TPSA) is 21.3 Å². The molecule has 1 fully saturated rings. The number of hydrogen-bond acceptors (Lipinski definition) is 2. The van der Waals surface area contributed by atoms with Crippen molar-refractivity contribution in [2.75, 3.05) is 19.8 Å². The maximum atomic E-state index is 5.49. The summed E-state index contributed by atoms with van der Waals surface area (Å²) >= 11 is 0. The Morgan fingerprint density at radius 1 is 1.36 bits per heavy atom. The smallest absolute Gasteiger partial charge is 0.0590 e. The van der Waals surface area contributed by atoms with Crippen molar-refractivity contribution in [3.05, 3.63) is 0 Å². The molecule has 0 spiro atoms. The van der Waals surface area contributed by atoms with Crippen molar-refractivity contribution in [2.24, 2.45) is 5.92 Å². The summed E-state index contributed by atoms with van der Waals surface area (Å²) in [7, 11) is 0. The number of nitrogens with one attached hydrogen (secondary N) is 1. The lowest BCUT2D eigenvalue weighted by atomic mass is 9.80. The average molecular weight is 199 g/mol. The molecule has 1 aliphatic carbocycles. The van der Waals surface area contributed by atoms with Crippen molar-refractivity contribution >= 4 is 0 Å². The largest absolute Gasteiger partial charge is 0.380 e. The van der Waals surface area contributed by atoms with Crippen LogP contribution in [0, 0.1) is 5.92 Å². The molecule has 1 saturated carbocycles. The molecule has 14 heavy (non-hydrogen) atoms. The number of unbranched alkanes of at least 4 members (excludes halogenated alkanes) is 1. The number of rotatable bonds is 8. The Hall–Kier alpha value is -0.0800. The molecule has 0 aromatic heterocycles. The van der Waals surface area contributed by atoms with Crippen molar-refractivity contribution < 1.29 is 4.74 Å². The molecule has 2 heteroatoms. The molecule has 0 saturated heterocycles. The molecule has 0 aromatic rings. The van der Waals surface area contributed by atoms with Gasteiger partial charge in [-0.15, -0.1) is 0 Å². The summed E-state index contributed by atoms with van der Waals surface area (Å²) in [5, 5.41) is 3.54. The van der Waals surface area contributed by atoms with Crippen LogP contribution < -0.4 is 5.32 Å². The third-order valence-electron chi connectivity index (χ3n) is 3.21. The molecule has 1 N–H and O–H groups in total. The van der Waals surface area contributed by atoms with Crippen LogP contribution in [0.15, 0.2) is 0 Å². The molecule has 0 bridgehead atoms. The second-order valence-corrected chi connectivity index (χ2v) is 4.40. The first kappa shape index (κ1) is 12.0. The minimum absolute atomic E-state index is 0.693. The normalized spacial score (nSPS) is 19.3. The van der Waals surface area contributed by atoms with E-state index in [0.29, 0.717) is 6.04 Å². The third-order valence-corrected chi connectivity index (χ3v) is 3.21. The summed E-state index contributed by atoms with van der Waals surface area (Å²) in [5.41, 5.74) is 0. The highest BCUT2D eigenvalue weighted by Gasteiger charge is 2.22. The highest BCUT2D eigenvalue weighted by molar-refractivity contribution is 4.79. The van der Waals surface area contributed by atoms with Gasteiger partial charge in [0, 0.05) is 19.2 Å². The zero-order valence-electron chi connectivity index (χ0n) is 9.72. The minimum Gasteiger partial charge on any atom is -0.380 e. The van der Waals surface area contributed by atoms with Crippen molar-refractivity contribution in [1.82, 2.24) is 5.32 Å². The predicted molar refractivity (Wildman–Crippen MR) is 60.5 cm³/mol. The maximum absolute atomic E-state index is 5.49. The van der Waals surface area contributed by atoms with Crippen LogP contribution in [-0.4, -0.2) is 25.8 Å². The van der Waals surface area contributed by atoms with E-state index >= 15 is 0 Å². The second-order valence-electron chi connectivity index (χ2n) is 4.40. The van der Waals surface area contributed by atoms with Crippen molar-refractivity contribution in [3.63, 3.8) is 0 Å². The van der Waals surface area contributed by atoms with Crippen molar-refractivity contribution in [1.29, 1.82) is 0 Å². The number of ether oxygens (including phenoxy) is 1. The summed E-state index contributed by atoms with van der Waals surface area (Å²) in [6, 6.07) is 0.693. The Morgan fingerprint density at radius 2 is 2.14 bits per heavy atom. The molecule has 2 nitrogen and oxygen atoms in total. The fourth-order valence-corrected chi connectivity index (χ4v) is 1.81. The molecular formula is C12H25NO. The van der Waals surface area contributed by atoms with E-state index in [2.05, 4.69) is 19.2 Å². The predicted octanol–water partition coefficient (Wildman–Crippen LogP) is 2.58. The van der Waals surface area contributed by atoms with Gasteiger partial charge in [-0.25, -0.2) is 0 Å². The van der Waals surface area contributed by atoms with E-state index in [4.69, 9.17) is 4.74 Å². The van der Waals surface area contributed by atoms with Gasteiger partial charge >= 0.3 is 0 Å². The van der Waals surface area contributed by atoms with Crippen LogP contribution >= 0.6 is 0 Å². The standard InChI is InChI=1S/C12H25NO/c1-3-4-9-14-10-8-13-11(2)12-6-5-7-12/h11-13H,3-10H2,1-2H3. The first-order chi connectivity index (χ1) is 6.84. The number of hydrogen-bond donors (Lipinski definition) is 1. The molecule has 0 heterocycles. The van der Waals surface area contributed by atoms with Crippen LogP contribution in [0.1, 0.15) is 46.0 Å². The van der Waals surface area contributed by atoms with E-state index in [9.17, 15) is 0 Å². The summed E-state index contributed by atoms with van der Waals surface area (Å²) in [6.45, 7) is 7.31. The quantitative estimate of drug-likeness (QED) is 0.607. The Bertz CT molecular complexity index is 134. The van der Waals surface area contributed by atoms with Gasteiger partial charge in [0.05, 0.1) is 6.61 Å². The molecule has 0 radical (unpaired) electrons. The lowest BCUT2D eigenvalue weighted by molar-refractivity contribution is 0.126. The highest BCUT2D eigenvalue weighted by atomic mass is 16.5. The van der Waals surface area contributed by atoms with Gasteiger partial charge in [0.1, 0.15) is 0 Å². The Labute approximate surface area is 88.4 Å². The maximum Gasteiger partial charge on any atom is 0.0590 e. The van der Waals surface area contributed by atoms with Crippen LogP contribution in [0.4, 0.5) is 0 Å². The van der Waals surface area contributed by atoms with Gasteiger partial charge in [0.25, 0.3) is 0 Å². The summed E-state index contributed by atoms with van der Waals surface area (Å²) in [5.74, 6) is 0.936. The Morgan fingerprint density at radius 3 is 2.71 bits per heavy atom. The fourth-order valence-electron chi connectivity index (χ4n) is 1.81. The van der Waals surface area contributed by atoms with E-state index in [-0.39, 0.29) is 0 Å². The molecule has 84 valence electrons. The molecule has 0 aromatic carbocycles. The van der Waals surface area contributed by atoms with Gasteiger partial charge in [-0.05, 0) is 32.1 Å². The van der Waals surface area contributed by atoms with E-state index in [1.165, 1.54) is 32.1 Å². The van der Waals surface area contributed by atoms with Crippen LogP contribution in [-0.2, 0) is 4.74 Å². The second kappa shape index (κ2) is 7.24. The van der Waals surface area contributed by atoms with Gasteiger partial charge in [-0.1, -0.05) is 19.8 Å². The van der Waals surface area contributed by atoms with Crippen LogP contribution in [0.2, 0.25) is 0 Å².